The van der Waals surface area contributed by atoms with Crippen LogP contribution in [0, 0.1) is 6.92 Å². The van der Waals surface area contributed by atoms with E-state index in [0.717, 1.165) is 0 Å². The van der Waals surface area contributed by atoms with Crippen LogP contribution in [0.1, 0.15) is 6.42 Å². The van der Waals surface area contributed by atoms with Crippen molar-refractivity contribution in [3.05, 3.63) is 6.92 Å². The molecule has 3 heteroatoms. The van der Waals surface area contributed by atoms with Crippen LogP contribution in [0.3, 0.4) is 0 Å². The zero-order valence-corrected chi connectivity index (χ0v) is 4.83. The standard InChI is InChI=1S/C4H8NOS/c1-2-3-6-4(5)7/h1-3H2,(H2,5,7). The minimum absolute atomic E-state index is 0.101. The maximum absolute atomic E-state index is 4.96. The molecule has 0 spiro atoms. The van der Waals surface area contributed by atoms with Gasteiger partial charge in [0.1, 0.15) is 0 Å². The smallest absolute Gasteiger partial charge is 0.253 e. The van der Waals surface area contributed by atoms with Crippen molar-refractivity contribution >= 4 is 17.4 Å². The van der Waals surface area contributed by atoms with Gasteiger partial charge in [-0.05, 0) is 25.6 Å². The van der Waals surface area contributed by atoms with Crippen LogP contribution in [0.4, 0.5) is 0 Å². The average molecular weight is 118 g/mol. The highest BCUT2D eigenvalue weighted by Crippen LogP contribution is 1.76. The topological polar surface area (TPSA) is 35.2 Å². The second kappa shape index (κ2) is 3.87. The van der Waals surface area contributed by atoms with Crippen molar-refractivity contribution in [3.8, 4) is 0 Å². The molecule has 2 nitrogen and oxygen atoms in total. The maximum atomic E-state index is 4.96. The first kappa shape index (κ1) is 6.69. The Bertz CT molecular complexity index is 64.7. The summed E-state index contributed by atoms with van der Waals surface area (Å²) in [5, 5.41) is 0.101. The van der Waals surface area contributed by atoms with Crippen LogP contribution < -0.4 is 5.73 Å². The lowest BCUT2D eigenvalue weighted by Gasteiger charge is -1.96. The molecule has 0 rings (SSSR count). The third kappa shape index (κ3) is 5.69. The summed E-state index contributed by atoms with van der Waals surface area (Å²) in [4.78, 5) is 0. The van der Waals surface area contributed by atoms with Crippen molar-refractivity contribution in [1.82, 2.24) is 0 Å². The van der Waals surface area contributed by atoms with Gasteiger partial charge in [0.05, 0.1) is 6.61 Å². The van der Waals surface area contributed by atoms with Crippen LogP contribution in [0.15, 0.2) is 0 Å². The van der Waals surface area contributed by atoms with E-state index in [1.807, 2.05) is 0 Å². The molecule has 0 saturated heterocycles. The van der Waals surface area contributed by atoms with Gasteiger partial charge in [-0.25, -0.2) is 0 Å². The van der Waals surface area contributed by atoms with E-state index in [4.69, 9.17) is 5.73 Å². The van der Waals surface area contributed by atoms with E-state index in [2.05, 4.69) is 23.9 Å². The van der Waals surface area contributed by atoms with Crippen molar-refractivity contribution in [2.75, 3.05) is 6.61 Å². The molecular weight excluding hydrogens is 110 g/mol. The van der Waals surface area contributed by atoms with Crippen LogP contribution in [-0.4, -0.2) is 11.8 Å². The first-order valence-electron chi connectivity index (χ1n) is 1.99. The molecule has 0 aliphatic carbocycles. The highest BCUT2D eigenvalue weighted by atomic mass is 32.1. The van der Waals surface area contributed by atoms with Gasteiger partial charge >= 0.3 is 0 Å². The van der Waals surface area contributed by atoms with E-state index < -0.39 is 0 Å². The molecule has 0 aliphatic heterocycles. The molecule has 7 heavy (non-hydrogen) atoms. The van der Waals surface area contributed by atoms with Gasteiger partial charge in [-0.15, -0.1) is 0 Å². The fraction of sp³-hybridized carbons (Fsp3) is 0.500. The van der Waals surface area contributed by atoms with Gasteiger partial charge in [0.15, 0.2) is 0 Å². The van der Waals surface area contributed by atoms with Crippen molar-refractivity contribution in [2.45, 2.75) is 6.42 Å². The minimum atomic E-state index is 0.101. The van der Waals surface area contributed by atoms with Gasteiger partial charge in [-0.1, -0.05) is 0 Å². The molecular formula is C4H8NOS. The Hall–Kier alpha value is -0.310. The zero-order chi connectivity index (χ0) is 5.70. The van der Waals surface area contributed by atoms with Gasteiger partial charge in [-0.2, -0.15) is 0 Å². The Labute approximate surface area is 48.6 Å². The molecule has 0 atom stereocenters. The van der Waals surface area contributed by atoms with Crippen LogP contribution in [0.5, 0.6) is 0 Å². The van der Waals surface area contributed by atoms with Crippen LogP contribution in [0.25, 0.3) is 0 Å². The number of thiocarbonyl (C=S) groups is 1. The first-order chi connectivity index (χ1) is 3.27. The quantitative estimate of drug-likeness (QED) is 0.535. The third-order valence-corrected chi connectivity index (χ3v) is 0.507. The highest BCUT2D eigenvalue weighted by Gasteiger charge is 1.81. The van der Waals surface area contributed by atoms with Crippen molar-refractivity contribution in [2.24, 2.45) is 5.73 Å². The van der Waals surface area contributed by atoms with Gasteiger partial charge in [0.25, 0.3) is 5.17 Å². The summed E-state index contributed by atoms with van der Waals surface area (Å²) in [7, 11) is 0. The zero-order valence-electron chi connectivity index (χ0n) is 4.02. The molecule has 0 aromatic carbocycles. The monoisotopic (exact) mass is 118 g/mol. The molecule has 0 amide bonds. The minimum Gasteiger partial charge on any atom is -0.471 e. The third-order valence-electron chi connectivity index (χ3n) is 0.389. The molecule has 0 aromatic rings. The predicted octanol–water partition coefficient (Wildman–Crippen LogP) is 0.471. The molecule has 41 valence electrons. The van der Waals surface area contributed by atoms with Gasteiger partial charge < -0.3 is 10.5 Å². The summed E-state index contributed by atoms with van der Waals surface area (Å²) in [5.74, 6) is 0. The SMILES string of the molecule is [CH2]CCOC(N)=S. The number of rotatable bonds is 2. The number of hydrogen-bond acceptors (Lipinski definition) is 2. The lowest BCUT2D eigenvalue weighted by molar-refractivity contribution is 0.315. The van der Waals surface area contributed by atoms with E-state index in [1.54, 1.807) is 0 Å². The number of hydrogen-bond donors (Lipinski definition) is 1. The molecule has 0 heterocycles. The Morgan fingerprint density at radius 1 is 1.86 bits per heavy atom. The van der Waals surface area contributed by atoms with Gasteiger partial charge in [-0.3, -0.25) is 0 Å². The summed E-state index contributed by atoms with van der Waals surface area (Å²) in [5.41, 5.74) is 4.96. The van der Waals surface area contributed by atoms with Gasteiger partial charge in [0.2, 0.25) is 0 Å². The molecule has 0 aromatic heterocycles. The van der Waals surface area contributed by atoms with Crippen LogP contribution >= 0.6 is 12.2 Å². The predicted molar refractivity (Wildman–Crippen MR) is 32.7 cm³/mol. The Kier molecular flexibility index (Phi) is 3.69. The summed E-state index contributed by atoms with van der Waals surface area (Å²) < 4.78 is 4.64. The molecule has 2 N–H and O–H groups in total. The number of ether oxygens (including phenoxy) is 1. The van der Waals surface area contributed by atoms with Gasteiger partial charge in [0, 0.05) is 0 Å². The lowest BCUT2D eigenvalue weighted by Crippen LogP contribution is -2.12. The second-order valence-corrected chi connectivity index (χ2v) is 1.42. The summed E-state index contributed by atoms with van der Waals surface area (Å²) in [6, 6.07) is 0. The summed E-state index contributed by atoms with van der Waals surface area (Å²) >= 11 is 4.39. The summed E-state index contributed by atoms with van der Waals surface area (Å²) in [6.07, 6.45) is 0.706. The average Bonchev–Trinajstić information content (AvgIpc) is 1.61. The first-order valence-corrected chi connectivity index (χ1v) is 2.39. The van der Waals surface area contributed by atoms with E-state index in [0.29, 0.717) is 13.0 Å². The van der Waals surface area contributed by atoms with E-state index in [9.17, 15) is 0 Å². The molecule has 0 bridgehead atoms. The Morgan fingerprint density at radius 3 is 2.57 bits per heavy atom. The van der Waals surface area contributed by atoms with Crippen LogP contribution in [-0.2, 0) is 4.74 Å². The molecule has 0 fully saturated rings. The highest BCUT2D eigenvalue weighted by molar-refractivity contribution is 7.80. The maximum Gasteiger partial charge on any atom is 0.253 e. The van der Waals surface area contributed by atoms with E-state index in [-0.39, 0.29) is 5.17 Å². The van der Waals surface area contributed by atoms with Crippen LogP contribution in [0.2, 0.25) is 0 Å². The van der Waals surface area contributed by atoms with Crippen molar-refractivity contribution < 1.29 is 4.74 Å². The molecule has 0 saturated carbocycles. The Morgan fingerprint density at radius 2 is 2.43 bits per heavy atom. The molecule has 1 radical (unpaired) electrons. The second-order valence-electron chi connectivity index (χ2n) is 1.02. The fourth-order valence-electron chi connectivity index (χ4n) is 0.173. The van der Waals surface area contributed by atoms with E-state index in [1.165, 1.54) is 0 Å². The fourth-order valence-corrected chi connectivity index (χ4v) is 0.256. The normalized spacial score (nSPS) is 8.14. The van der Waals surface area contributed by atoms with Crippen molar-refractivity contribution in [1.29, 1.82) is 0 Å². The van der Waals surface area contributed by atoms with Crippen molar-refractivity contribution in [3.63, 3.8) is 0 Å². The largest absolute Gasteiger partial charge is 0.471 e. The lowest BCUT2D eigenvalue weighted by atomic mass is 10.5. The van der Waals surface area contributed by atoms with E-state index >= 15 is 0 Å². The Balaban J connectivity index is 2.82. The summed E-state index contributed by atoms with van der Waals surface area (Å²) in [6.45, 7) is 4.04. The molecule has 0 aliphatic rings. The molecule has 0 unspecified atom stereocenters. The number of nitrogens with two attached hydrogens (primary N) is 1.